The Labute approximate surface area is 121 Å². The van der Waals surface area contributed by atoms with Gasteiger partial charge < -0.3 is 19.4 Å². The molecule has 1 aliphatic rings. The monoisotopic (exact) mass is 306 g/mol. The third-order valence-electron chi connectivity index (χ3n) is 3.28. The van der Waals surface area contributed by atoms with Crippen LogP contribution in [-0.2, 0) is 9.47 Å². The van der Waals surface area contributed by atoms with E-state index in [2.05, 4.69) is 4.98 Å². The van der Waals surface area contributed by atoms with Gasteiger partial charge in [0, 0.05) is 20.8 Å². The number of aromatic nitrogens is 1. The largest absolute Gasteiger partial charge is 0.383 e. The molecule has 0 bridgehead atoms. The van der Waals surface area contributed by atoms with E-state index in [1.165, 1.54) is 6.07 Å². The smallest absolute Gasteiger partial charge is 0.270 e. The molecular weight excluding hydrogens is 291 g/mol. The zero-order valence-electron chi connectivity index (χ0n) is 10.8. The Morgan fingerprint density at radius 2 is 2.26 bits per heavy atom. The van der Waals surface area contributed by atoms with Crippen molar-refractivity contribution >= 4 is 29.1 Å². The van der Waals surface area contributed by atoms with Gasteiger partial charge in [0.05, 0.1) is 23.8 Å². The topological polar surface area (TPSA) is 54.6 Å². The highest BCUT2D eigenvalue weighted by atomic mass is 35.5. The SMILES string of the molecule is COC[C@@H]1C[C@@H](OC)CN1C(=O)c1cc(Cl)c(Cl)[nH]1. The second kappa shape index (κ2) is 6.13. The molecule has 106 valence electrons. The Balaban J connectivity index is 2.16. The van der Waals surface area contributed by atoms with Crippen LogP contribution in [0.25, 0.3) is 0 Å². The number of rotatable bonds is 4. The first kappa shape index (κ1) is 14.7. The quantitative estimate of drug-likeness (QED) is 0.928. The Kier molecular flexibility index (Phi) is 4.73. The summed E-state index contributed by atoms with van der Waals surface area (Å²) in [5.41, 5.74) is 0.382. The van der Waals surface area contributed by atoms with Crippen molar-refractivity contribution in [1.82, 2.24) is 9.88 Å². The lowest BCUT2D eigenvalue weighted by Gasteiger charge is -2.23. The van der Waals surface area contributed by atoms with Gasteiger partial charge in [0.2, 0.25) is 0 Å². The van der Waals surface area contributed by atoms with E-state index in [-0.39, 0.29) is 23.2 Å². The minimum atomic E-state index is -0.143. The average molecular weight is 307 g/mol. The molecule has 0 aromatic carbocycles. The molecule has 5 nitrogen and oxygen atoms in total. The van der Waals surface area contributed by atoms with Crippen molar-refractivity contribution in [2.24, 2.45) is 0 Å². The van der Waals surface area contributed by atoms with Crippen LogP contribution in [0.2, 0.25) is 10.2 Å². The van der Waals surface area contributed by atoms with E-state index in [0.29, 0.717) is 23.9 Å². The van der Waals surface area contributed by atoms with Crippen LogP contribution in [0.3, 0.4) is 0 Å². The lowest BCUT2D eigenvalue weighted by atomic mass is 10.2. The van der Waals surface area contributed by atoms with E-state index in [1.54, 1.807) is 19.1 Å². The minimum absolute atomic E-state index is 0.00306. The van der Waals surface area contributed by atoms with Crippen LogP contribution in [0.5, 0.6) is 0 Å². The Hall–Kier alpha value is -0.750. The molecule has 0 radical (unpaired) electrons. The Morgan fingerprint density at radius 1 is 1.53 bits per heavy atom. The molecule has 1 aromatic rings. The molecule has 1 aromatic heterocycles. The molecule has 1 saturated heterocycles. The number of likely N-dealkylation sites (tertiary alicyclic amines) is 1. The molecule has 0 aliphatic carbocycles. The van der Waals surface area contributed by atoms with Gasteiger partial charge in [-0.15, -0.1) is 0 Å². The first-order chi connectivity index (χ1) is 9.06. The third-order valence-corrected chi connectivity index (χ3v) is 3.98. The van der Waals surface area contributed by atoms with E-state index in [0.717, 1.165) is 6.42 Å². The Bertz CT molecular complexity index is 444. The highest BCUT2D eigenvalue weighted by molar-refractivity contribution is 6.41. The van der Waals surface area contributed by atoms with Gasteiger partial charge >= 0.3 is 0 Å². The van der Waals surface area contributed by atoms with Gasteiger partial charge in [0.15, 0.2) is 0 Å². The van der Waals surface area contributed by atoms with Gasteiger partial charge in [0.25, 0.3) is 5.91 Å². The lowest BCUT2D eigenvalue weighted by Crippen LogP contribution is -2.38. The first-order valence-electron chi connectivity index (χ1n) is 5.93. The number of amides is 1. The summed E-state index contributed by atoms with van der Waals surface area (Å²) in [5, 5.41) is 0.617. The molecule has 1 aliphatic heterocycles. The minimum Gasteiger partial charge on any atom is -0.383 e. The van der Waals surface area contributed by atoms with Gasteiger partial charge in [-0.2, -0.15) is 0 Å². The number of aromatic amines is 1. The highest BCUT2D eigenvalue weighted by Gasteiger charge is 2.36. The fourth-order valence-electron chi connectivity index (χ4n) is 2.32. The first-order valence-corrected chi connectivity index (χ1v) is 6.69. The van der Waals surface area contributed by atoms with Crippen molar-refractivity contribution in [2.45, 2.75) is 18.6 Å². The second-order valence-electron chi connectivity index (χ2n) is 4.51. The van der Waals surface area contributed by atoms with Crippen LogP contribution >= 0.6 is 23.2 Å². The van der Waals surface area contributed by atoms with Gasteiger partial charge in [-0.3, -0.25) is 4.79 Å². The molecule has 0 saturated carbocycles. The lowest BCUT2D eigenvalue weighted by molar-refractivity contribution is 0.0607. The normalized spacial score (nSPS) is 23.1. The number of hydrogen-bond acceptors (Lipinski definition) is 3. The molecule has 0 spiro atoms. The van der Waals surface area contributed by atoms with Crippen LogP contribution < -0.4 is 0 Å². The predicted octanol–water partition coefficient (Wildman–Crippen LogP) is 2.20. The molecular formula is C12H16Cl2N2O3. The van der Waals surface area contributed by atoms with E-state index in [1.807, 2.05) is 0 Å². The summed E-state index contributed by atoms with van der Waals surface area (Å²) >= 11 is 11.7. The number of nitrogens with zero attached hydrogens (tertiary/aromatic N) is 1. The molecule has 2 heterocycles. The second-order valence-corrected chi connectivity index (χ2v) is 5.29. The van der Waals surface area contributed by atoms with E-state index < -0.39 is 0 Å². The summed E-state index contributed by atoms with van der Waals surface area (Å²) in [4.78, 5) is 16.9. The number of carbonyl (C=O) groups excluding carboxylic acids is 1. The summed E-state index contributed by atoms with van der Waals surface area (Å²) in [6.45, 7) is 1.02. The average Bonchev–Trinajstić information content (AvgIpc) is 2.94. The molecule has 0 unspecified atom stereocenters. The maximum absolute atomic E-state index is 12.4. The van der Waals surface area contributed by atoms with Crippen molar-refractivity contribution in [2.75, 3.05) is 27.4 Å². The third kappa shape index (κ3) is 3.05. The summed E-state index contributed by atoms with van der Waals surface area (Å²) in [7, 11) is 3.26. The predicted molar refractivity (Wildman–Crippen MR) is 72.9 cm³/mol. The van der Waals surface area contributed by atoms with E-state index >= 15 is 0 Å². The van der Waals surface area contributed by atoms with Crippen molar-refractivity contribution in [1.29, 1.82) is 0 Å². The number of methoxy groups -OCH3 is 2. The molecule has 7 heteroatoms. The van der Waals surface area contributed by atoms with Crippen molar-refractivity contribution in [3.8, 4) is 0 Å². The van der Waals surface area contributed by atoms with Gasteiger partial charge in [-0.25, -0.2) is 0 Å². The summed E-state index contributed by atoms with van der Waals surface area (Å²) in [5.74, 6) is -0.143. The molecule has 1 N–H and O–H groups in total. The molecule has 2 atom stereocenters. The van der Waals surface area contributed by atoms with Crippen LogP contribution in [-0.4, -0.2) is 55.3 Å². The maximum Gasteiger partial charge on any atom is 0.270 e. The number of nitrogens with one attached hydrogen (secondary N) is 1. The summed E-state index contributed by atoms with van der Waals surface area (Å²) < 4.78 is 10.5. The van der Waals surface area contributed by atoms with E-state index in [9.17, 15) is 4.79 Å². The number of hydrogen-bond donors (Lipinski definition) is 1. The fraction of sp³-hybridized carbons (Fsp3) is 0.583. The van der Waals surface area contributed by atoms with Crippen LogP contribution in [0.15, 0.2) is 6.07 Å². The standard InChI is InChI=1S/C12H16Cl2N2O3/c1-18-6-7-3-8(19-2)5-16(7)12(17)10-4-9(13)11(14)15-10/h4,7-8,15H,3,5-6H2,1-2H3/t7-,8+/m0/s1. The molecule has 1 amide bonds. The zero-order chi connectivity index (χ0) is 14.0. The van der Waals surface area contributed by atoms with Crippen molar-refractivity contribution in [3.63, 3.8) is 0 Å². The highest BCUT2D eigenvalue weighted by Crippen LogP contribution is 2.26. The summed E-state index contributed by atoms with van der Waals surface area (Å²) in [6.07, 6.45) is 0.795. The number of halogens is 2. The summed E-state index contributed by atoms with van der Waals surface area (Å²) in [6, 6.07) is 1.54. The maximum atomic E-state index is 12.4. The van der Waals surface area contributed by atoms with Crippen LogP contribution in [0.4, 0.5) is 0 Å². The molecule has 2 rings (SSSR count). The van der Waals surface area contributed by atoms with Gasteiger partial charge in [-0.1, -0.05) is 23.2 Å². The molecule has 19 heavy (non-hydrogen) atoms. The van der Waals surface area contributed by atoms with E-state index in [4.69, 9.17) is 32.7 Å². The van der Waals surface area contributed by atoms with Crippen LogP contribution in [0.1, 0.15) is 16.9 Å². The fourth-order valence-corrected chi connectivity index (χ4v) is 2.63. The number of carbonyl (C=O) groups is 1. The van der Waals surface area contributed by atoms with Crippen molar-refractivity contribution < 1.29 is 14.3 Å². The Morgan fingerprint density at radius 3 is 2.79 bits per heavy atom. The van der Waals surface area contributed by atoms with Crippen molar-refractivity contribution in [3.05, 3.63) is 21.9 Å². The zero-order valence-corrected chi connectivity index (χ0v) is 12.3. The van der Waals surface area contributed by atoms with Gasteiger partial charge in [-0.05, 0) is 12.5 Å². The molecule has 1 fully saturated rings. The van der Waals surface area contributed by atoms with Crippen LogP contribution in [0, 0.1) is 0 Å². The number of H-pyrrole nitrogens is 1. The van der Waals surface area contributed by atoms with Gasteiger partial charge in [0.1, 0.15) is 10.8 Å². The number of ether oxygens (including phenoxy) is 2.